The first-order chi connectivity index (χ1) is 9.74. The van der Waals surface area contributed by atoms with Crippen LogP contribution >= 0.6 is 35.0 Å². The van der Waals surface area contributed by atoms with Crippen molar-refractivity contribution >= 4 is 35.0 Å². The number of fused-ring (bicyclic) bond motifs is 1. The zero-order valence-electron chi connectivity index (χ0n) is 10.9. The molecule has 0 saturated heterocycles. The van der Waals surface area contributed by atoms with Gasteiger partial charge < -0.3 is 4.57 Å². The van der Waals surface area contributed by atoms with E-state index >= 15 is 0 Å². The van der Waals surface area contributed by atoms with Gasteiger partial charge in [-0.15, -0.1) is 10.2 Å². The molecular formula is C13H14Cl2N4S. The number of rotatable bonds is 3. The summed E-state index contributed by atoms with van der Waals surface area (Å²) in [7, 11) is 0. The molecular weight excluding hydrogens is 315 g/mol. The van der Waals surface area contributed by atoms with Crippen molar-refractivity contribution in [3.63, 3.8) is 0 Å². The highest BCUT2D eigenvalue weighted by molar-refractivity contribution is 7.98. The lowest BCUT2D eigenvalue weighted by molar-refractivity contribution is 0.591. The van der Waals surface area contributed by atoms with E-state index in [4.69, 9.17) is 23.2 Å². The Balaban J connectivity index is 1.74. The van der Waals surface area contributed by atoms with Crippen molar-refractivity contribution in [3.8, 4) is 0 Å². The Labute approximate surface area is 131 Å². The topological polar surface area (TPSA) is 43.6 Å². The molecule has 20 heavy (non-hydrogen) atoms. The van der Waals surface area contributed by atoms with Crippen LogP contribution in [0.15, 0.2) is 17.3 Å². The van der Waals surface area contributed by atoms with E-state index < -0.39 is 0 Å². The van der Waals surface area contributed by atoms with Crippen LogP contribution in [0.4, 0.5) is 0 Å². The molecule has 7 heteroatoms. The summed E-state index contributed by atoms with van der Waals surface area (Å²) in [5, 5.41) is 10.4. The summed E-state index contributed by atoms with van der Waals surface area (Å²) in [4.78, 5) is 4.05. The van der Waals surface area contributed by atoms with Crippen LogP contribution in [0.2, 0.25) is 10.3 Å². The fourth-order valence-corrected chi connectivity index (χ4v) is 3.72. The van der Waals surface area contributed by atoms with Gasteiger partial charge >= 0.3 is 0 Å². The average Bonchev–Trinajstić information content (AvgIpc) is 2.66. The van der Waals surface area contributed by atoms with Gasteiger partial charge in [0.15, 0.2) is 5.16 Å². The zero-order valence-corrected chi connectivity index (χ0v) is 13.2. The van der Waals surface area contributed by atoms with Gasteiger partial charge in [0.2, 0.25) is 0 Å². The standard InChI is InChI=1S/C13H14Cl2N4S/c14-10-6-5-9(12(15)16-10)8-20-13-18-17-11-4-2-1-3-7-19(11)13/h5-6H,1-4,7-8H2. The van der Waals surface area contributed by atoms with Crippen molar-refractivity contribution in [2.45, 2.75) is 43.1 Å². The summed E-state index contributed by atoms with van der Waals surface area (Å²) in [6.45, 7) is 1.01. The van der Waals surface area contributed by atoms with Gasteiger partial charge in [-0.3, -0.25) is 0 Å². The Morgan fingerprint density at radius 1 is 1.15 bits per heavy atom. The van der Waals surface area contributed by atoms with E-state index in [0.717, 1.165) is 35.3 Å². The number of nitrogens with zero attached hydrogens (tertiary/aromatic N) is 4. The van der Waals surface area contributed by atoms with E-state index in [1.165, 1.54) is 19.3 Å². The fourth-order valence-electron chi connectivity index (χ4n) is 2.26. The van der Waals surface area contributed by atoms with E-state index in [2.05, 4.69) is 19.7 Å². The number of aryl methyl sites for hydroxylation is 1. The molecule has 0 spiro atoms. The van der Waals surface area contributed by atoms with Gasteiger partial charge in [-0.1, -0.05) is 47.5 Å². The maximum absolute atomic E-state index is 6.09. The second-order valence-corrected chi connectivity index (χ2v) is 6.42. The third-order valence-electron chi connectivity index (χ3n) is 3.32. The summed E-state index contributed by atoms with van der Waals surface area (Å²) < 4.78 is 2.23. The van der Waals surface area contributed by atoms with E-state index in [1.54, 1.807) is 17.8 Å². The van der Waals surface area contributed by atoms with Gasteiger partial charge in [-0.05, 0) is 24.5 Å². The predicted octanol–water partition coefficient (Wildman–Crippen LogP) is 4.00. The Kier molecular flexibility index (Phi) is 4.48. The monoisotopic (exact) mass is 328 g/mol. The lowest BCUT2D eigenvalue weighted by Gasteiger charge is -2.07. The molecule has 0 atom stereocenters. The van der Waals surface area contributed by atoms with Crippen LogP contribution in [0, 0.1) is 0 Å². The molecule has 0 aromatic carbocycles. The number of pyridine rings is 1. The van der Waals surface area contributed by atoms with Gasteiger partial charge in [-0.25, -0.2) is 4.98 Å². The van der Waals surface area contributed by atoms with Crippen LogP contribution in [0.1, 0.15) is 30.7 Å². The molecule has 4 nitrogen and oxygen atoms in total. The number of halogens is 2. The molecule has 0 saturated carbocycles. The summed E-state index contributed by atoms with van der Waals surface area (Å²) in [6.07, 6.45) is 4.69. The second kappa shape index (κ2) is 6.33. The maximum Gasteiger partial charge on any atom is 0.191 e. The third-order valence-corrected chi connectivity index (χ3v) is 4.88. The Morgan fingerprint density at radius 2 is 2.05 bits per heavy atom. The van der Waals surface area contributed by atoms with Gasteiger partial charge in [0.25, 0.3) is 0 Å². The molecule has 3 heterocycles. The number of hydrogen-bond acceptors (Lipinski definition) is 4. The summed E-state index contributed by atoms with van der Waals surface area (Å²) in [5.41, 5.74) is 0.965. The molecule has 3 rings (SSSR count). The van der Waals surface area contributed by atoms with Gasteiger partial charge in [0.05, 0.1) is 0 Å². The normalized spacial score (nSPS) is 14.9. The minimum Gasteiger partial charge on any atom is -0.306 e. The van der Waals surface area contributed by atoms with Crippen LogP contribution in [0.25, 0.3) is 0 Å². The number of thioether (sulfide) groups is 1. The molecule has 2 aromatic heterocycles. The lowest BCUT2D eigenvalue weighted by Crippen LogP contribution is -2.02. The van der Waals surface area contributed by atoms with Crippen LogP contribution < -0.4 is 0 Å². The molecule has 1 aliphatic heterocycles. The van der Waals surface area contributed by atoms with E-state index in [0.29, 0.717) is 10.3 Å². The predicted molar refractivity (Wildman–Crippen MR) is 81.4 cm³/mol. The van der Waals surface area contributed by atoms with Crippen molar-refractivity contribution in [1.82, 2.24) is 19.7 Å². The smallest absolute Gasteiger partial charge is 0.191 e. The molecule has 0 bridgehead atoms. The molecule has 1 aliphatic rings. The average molecular weight is 329 g/mol. The first kappa shape index (κ1) is 14.2. The Bertz CT molecular complexity index is 614. The Morgan fingerprint density at radius 3 is 2.90 bits per heavy atom. The number of hydrogen-bond donors (Lipinski definition) is 0. The molecule has 0 fully saturated rings. The van der Waals surface area contributed by atoms with Gasteiger partial charge in [-0.2, -0.15) is 0 Å². The largest absolute Gasteiger partial charge is 0.306 e. The molecule has 106 valence electrons. The quantitative estimate of drug-likeness (QED) is 0.631. The second-order valence-electron chi connectivity index (χ2n) is 4.73. The number of aromatic nitrogens is 4. The summed E-state index contributed by atoms with van der Waals surface area (Å²) in [5.74, 6) is 1.83. The van der Waals surface area contributed by atoms with Crippen LogP contribution in [0.3, 0.4) is 0 Å². The highest BCUT2D eigenvalue weighted by Crippen LogP contribution is 2.27. The molecule has 2 aromatic rings. The molecule has 0 amide bonds. The third kappa shape index (κ3) is 3.10. The van der Waals surface area contributed by atoms with E-state index in [-0.39, 0.29) is 0 Å². The minimum atomic E-state index is 0.417. The SMILES string of the molecule is Clc1ccc(CSc2nnc3n2CCCCC3)c(Cl)n1. The summed E-state index contributed by atoms with van der Waals surface area (Å²) >= 11 is 13.5. The van der Waals surface area contributed by atoms with E-state index in [1.807, 2.05) is 6.07 Å². The fraction of sp³-hybridized carbons (Fsp3) is 0.462. The minimum absolute atomic E-state index is 0.417. The molecule has 0 unspecified atom stereocenters. The highest BCUT2D eigenvalue weighted by atomic mass is 35.5. The van der Waals surface area contributed by atoms with Gasteiger partial charge in [0.1, 0.15) is 16.1 Å². The molecule has 0 N–H and O–H groups in total. The lowest BCUT2D eigenvalue weighted by atomic mass is 10.2. The van der Waals surface area contributed by atoms with Crippen molar-refractivity contribution in [2.24, 2.45) is 0 Å². The maximum atomic E-state index is 6.09. The highest BCUT2D eigenvalue weighted by Gasteiger charge is 2.15. The molecule has 0 radical (unpaired) electrons. The van der Waals surface area contributed by atoms with E-state index in [9.17, 15) is 0 Å². The van der Waals surface area contributed by atoms with Crippen LogP contribution in [-0.4, -0.2) is 19.7 Å². The first-order valence-electron chi connectivity index (χ1n) is 6.60. The van der Waals surface area contributed by atoms with Crippen molar-refractivity contribution in [1.29, 1.82) is 0 Å². The van der Waals surface area contributed by atoms with Crippen LogP contribution in [-0.2, 0) is 18.7 Å². The van der Waals surface area contributed by atoms with Crippen molar-refractivity contribution in [2.75, 3.05) is 0 Å². The zero-order chi connectivity index (χ0) is 13.9. The van der Waals surface area contributed by atoms with Crippen molar-refractivity contribution in [3.05, 3.63) is 33.8 Å². The van der Waals surface area contributed by atoms with Crippen LogP contribution in [0.5, 0.6) is 0 Å². The van der Waals surface area contributed by atoms with Crippen molar-refractivity contribution < 1.29 is 0 Å². The summed E-state index contributed by atoms with van der Waals surface area (Å²) in [6, 6.07) is 3.66. The van der Waals surface area contributed by atoms with Gasteiger partial charge in [0, 0.05) is 18.7 Å². The Hall–Kier alpha value is -0.780. The molecule has 0 aliphatic carbocycles. The first-order valence-corrected chi connectivity index (χ1v) is 8.34.